The fraction of sp³-hybridized carbons (Fsp3) is 0.600. The Labute approximate surface area is 147 Å². The highest BCUT2D eigenvalue weighted by molar-refractivity contribution is 7.89. The first-order valence-electron chi connectivity index (χ1n) is 7.83. The molecule has 0 amide bonds. The summed E-state index contributed by atoms with van der Waals surface area (Å²) in [6.07, 6.45) is 1.48. The molecule has 1 saturated heterocycles. The Kier molecular flexibility index (Phi) is 5.85. The van der Waals surface area contributed by atoms with Crippen molar-refractivity contribution in [1.82, 2.24) is 9.21 Å². The van der Waals surface area contributed by atoms with Crippen molar-refractivity contribution in [2.45, 2.75) is 37.6 Å². The molecular weight excluding hydrogens is 354 g/mol. The second-order valence-corrected chi connectivity index (χ2v) is 8.40. The Balaban J connectivity index is 2.32. The van der Waals surface area contributed by atoms with Crippen LogP contribution < -0.4 is 0 Å². The van der Waals surface area contributed by atoms with Crippen LogP contribution in [0.15, 0.2) is 17.0 Å². The summed E-state index contributed by atoms with van der Waals surface area (Å²) in [6.45, 7) is 6.21. The minimum atomic E-state index is -3.83. The van der Waals surface area contributed by atoms with E-state index in [0.29, 0.717) is 0 Å². The molecule has 1 aromatic carbocycles. The van der Waals surface area contributed by atoms with Gasteiger partial charge in [-0.25, -0.2) is 8.42 Å². The Morgan fingerprint density at radius 1 is 1.38 bits per heavy atom. The molecule has 0 aromatic heterocycles. The lowest BCUT2D eigenvalue weighted by Gasteiger charge is -2.35. The second-order valence-electron chi connectivity index (χ2n) is 5.99. The Morgan fingerprint density at radius 3 is 2.46 bits per heavy atom. The maximum atomic E-state index is 12.9. The van der Waals surface area contributed by atoms with E-state index in [2.05, 4.69) is 11.8 Å². The molecule has 1 aliphatic heterocycles. The zero-order valence-electron chi connectivity index (χ0n) is 14.0. The number of piperidine rings is 1. The van der Waals surface area contributed by atoms with E-state index in [1.165, 1.54) is 24.3 Å². The molecule has 7 nitrogen and oxygen atoms in total. The van der Waals surface area contributed by atoms with Crippen LogP contribution in [0.2, 0.25) is 5.02 Å². The molecule has 0 bridgehead atoms. The van der Waals surface area contributed by atoms with Crippen LogP contribution >= 0.6 is 11.6 Å². The van der Waals surface area contributed by atoms with Crippen LogP contribution in [0.4, 0.5) is 5.69 Å². The van der Waals surface area contributed by atoms with Crippen molar-refractivity contribution in [2.24, 2.45) is 0 Å². The normalized spacial score (nSPS) is 17.4. The van der Waals surface area contributed by atoms with Gasteiger partial charge in [0.2, 0.25) is 10.0 Å². The van der Waals surface area contributed by atoms with Crippen LogP contribution in [-0.2, 0) is 10.0 Å². The number of rotatable bonds is 5. The topological polar surface area (TPSA) is 83.8 Å². The zero-order chi connectivity index (χ0) is 18.1. The minimum Gasteiger partial charge on any atom is -0.303 e. The molecule has 0 N–H and O–H groups in total. The van der Waals surface area contributed by atoms with Crippen molar-refractivity contribution in [3.05, 3.63) is 32.8 Å². The van der Waals surface area contributed by atoms with Gasteiger partial charge in [-0.3, -0.25) is 10.1 Å². The molecule has 2 rings (SSSR count). The fourth-order valence-electron chi connectivity index (χ4n) is 2.94. The summed E-state index contributed by atoms with van der Waals surface area (Å²) in [5.74, 6) is 0. The summed E-state index contributed by atoms with van der Waals surface area (Å²) in [7, 11) is -2.30. The number of nitro benzene ring substituents is 1. The lowest BCUT2D eigenvalue weighted by atomic mass is 10.1. The van der Waals surface area contributed by atoms with Crippen molar-refractivity contribution in [3.63, 3.8) is 0 Å². The first kappa shape index (κ1) is 19.1. The maximum absolute atomic E-state index is 12.9. The van der Waals surface area contributed by atoms with Crippen molar-refractivity contribution in [1.29, 1.82) is 0 Å². The molecule has 0 atom stereocenters. The average molecular weight is 376 g/mol. The summed E-state index contributed by atoms with van der Waals surface area (Å²) < 4.78 is 27.0. The Bertz CT molecular complexity index is 730. The number of nitro groups is 1. The summed E-state index contributed by atoms with van der Waals surface area (Å²) in [5, 5.41) is 11.2. The van der Waals surface area contributed by atoms with E-state index in [-0.39, 0.29) is 27.2 Å². The smallest absolute Gasteiger partial charge is 0.275 e. The largest absolute Gasteiger partial charge is 0.303 e. The molecule has 1 fully saturated rings. The van der Waals surface area contributed by atoms with Crippen LogP contribution in [0.1, 0.15) is 25.3 Å². The quantitative estimate of drug-likeness (QED) is 0.583. The van der Waals surface area contributed by atoms with E-state index in [4.69, 9.17) is 11.6 Å². The number of halogens is 1. The highest BCUT2D eigenvalue weighted by Crippen LogP contribution is 2.32. The summed E-state index contributed by atoms with van der Waals surface area (Å²) in [5.41, 5.74) is -0.0187. The maximum Gasteiger partial charge on any atom is 0.275 e. The van der Waals surface area contributed by atoms with Gasteiger partial charge in [-0.05, 0) is 45.5 Å². The lowest BCUT2D eigenvalue weighted by molar-refractivity contribution is -0.385. The lowest BCUT2D eigenvalue weighted by Crippen LogP contribution is -2.45. The van der Waals surface area contributed by atoms with Crippen molar-refractivity contribution in [3.8, 4) is 0 Å². The van der Waals surface area contributed by atoms with Gasteiger partial charge in [0.25, 0.3) is 5.69 Å². The Morgan fingerprint density at radius 2 is 1.96 bits per heavy atom. The van der Waals surface area contributed by atoms with Crippen molar-refractivity contribution >= 4 is 27.3 Å². The molecule has 0 radical (unpaired) electrons. The fourth-order valence-corrected chi connectivity index (χ4v) is 4.68. The van der Waals surface area contributed by atoms with Crippen LogP contribution in [0.5, 0.6) is 0 Å². The third-order valence-corrected chi connectivity index (χ3v) is 6.96. The molecule has 134 valence electrons. The minimum absolute atomic E-state index is 0.0805. The molecule has 1 heterocycles. The van der Waals surface area contributed by atoms with Gasteiger partial charge in [-0.1, -0.05) is 18.5 Å². The monoisotopic (exact) mass is 375 g/mol. The number of sulfonamides is 1. The van der Waals surface area contributed by atoms with E-state index in [9.17, 15) is 18.5 Å². The highest BCUT2D eigenvalue weighted by atomic mass is 35.5. The molecule has 0 saturated carbocycles. The van der Waals surface area contributed by atoms with Crippen LogP contribution in [0, 0.1) is 17.0 Å². The van der Waals surface area contributed by atoms with Crippen LogP contribution in [-0.4, -0.2) is 55.3 Å². The number of hydrogen-bond acceptors (Lipinski definition) is 5. The Hall–Kier alpha value is -1.22. The first-order valence-corrected chi connectivity index (χ1v) is 9.65. The number of nitrogens with zero attached hydrogens (tertiary/aromatic N) is 3. The van der Waals surface area contributed by atoms with E-state index >= 15 is 0 Å². The van der Waals surface area contributed by atoms with E-state index in [1.807, 2.05) is 0 Å². The average Bonchev–Trinajstić information content (AvgIpc) is 2.56. The molecule has 0 unspecified atom stereocenters. The van der Waals surface area contributed by atoms with Gasteiger partial charge in [0, 0.05) is 24.7 Å². The third-order valence-electron chi connectivity index (χ3n) is 4.68. The van der Waals surface area contributed by atoms with Gasteiger partial charge in [0.05, 0.1) is 14.8 Å². The van der Waals surface area contributed by atoms with Gasteiger partial charge in [-0.15, -0.1) is 0 Å². The standard InChI is InChI=1S/C15H22ClN3O4S/c1-4-18-7-5-12(6-8-18)17(3)24(22,23)13-9-14(16)11(2)15(10-13)19(20)21/h9-10,12H,4-8H2,1-3H3. The van der Waals surface area contributed by atoms with Gasteiger partial charge < -0.3 is 4.90 Å². The number of benzene rings is 1. The predicted molar refractivity (Wildman–Crippen MR) is 92.9 cm³/mol. The predicted octanol–water partition coefficient (Wildman–Crippen LogP) is 2.66. The summed E-state index contributed by atoms with van der Waals surface area (Å²) in [4.78, 5) is 12.7. The van der Waals surface area contributed by atoms with Gasteiger partial charge in [0.1, 0.15) is 0 Å². The molecule has 1 aliphatic rings. The second kappa shape index (κ2) is 7.35. The number of hydrogen-bond donors (Lipinski definition) is 0. The van der Waals surface area contributed by atoms with E-state index < -0.39 is 14.9 Å². The highest BCUT2D eigenvalue weighted by Gasteiger charge is 2.32. The van der Waals surface area contributed by atoms with Crippen molar-refractivity contribution in [2.75, 3.05) is 26.7 Å². The van der Waals surface area contributed by atoms with Crippen molar-refractivity contribution < 1.29 is 13.3 Å². The van der Waals surface area contributed by atoms with E-state index in [1.54, 1.807) is 0 Å². The van der Waals surface area contributed by atoms with Gasteiger partial charge >= 0.3 is 0 Å². The first-order chi connectivity index (χ1) is 11.2. The summed E-state index contributed by atoms with van der Waals surface area (Å²) in [6, 6.07) is 2.27. The summed E-state index contributed by atoms with van der Waals surface area (Å²) >= 11 is 6.00. The third kappa shape index (κ3) is 3.72. The molecule has 24 heavy (non-hydrogen) atoms. The van der Waals surface area contributed by atoms with Crippen LogP contribution in [0.25, 0.3) is 0 Å². The SMILES string of the molecule is CCN1CCC(N(C)S(=O)(=O)c2cc(Cl)c(C)c([N+](=O)[O-])c2)CC1. The molecule has 0 aliphatic carbocycles. The van der Waals surface area contributed by atoms with Gasteiger partial charge in [-0.2, -0.15) is 4.31 Å². The molecule has 9 heteroatoms. The van der Waals surface area contributed by atoms with E-state index in [0.717, 1.165) is 38.5 Å². The van der Waals surface area contributed by atoms with Crippen LogP contribution in [0.3, 0.4) is 0 Å². The molecular formula is C15H22ClN3O4S. The molecule has 1 aromatic rings. The molecule has 0 spiro atoms. The number of likely N-dealkylation sites (tertiary alicyclic amines) is 1. The van der Waals surface area contributed by atoms with Gasteiger partial charge in [0.15, 0.2) is 0 Å². The zero-order valence-corrected chi connectivity index (χ0v) is 15.6.